The van der Waals surface area contributed by atoms with Crippen LogP contribution in [0.4, 0.5) is 5.69 Å². The average Bonchev–Trinajstić information content (AvgIpc) is 2.49. The fourth-order valence-corrected chi connectivity index (χ4v) is 1.93. The van der Waals surface area contributed by atoms with E-state index in [1.54, 1.807) is 12.3 Å². The lowest BCUT2D eigenvalue weighted by Gasteiger charge is -2.08. The van der Waals surface area contributed by atoms with Gasteiger partial charge in [0.25, 0.3) is 5.91 Å². The standard InChI is InChI=1S/C15H16BrN3O2/c1-17-8-13-6-7-14(9-18-13)21-10-15(20)19-12-4-2-11(16)3-5-12/h2-7,9,17H,8,10H2,1H3,(H,19,20). The number of aromatic nitrogens is 1. The number of anilines is 1. The molecule has 1 amide bonds. The van der Waals surface area contributed by atoms with Gasteiger partial charge in [0.15, 0.2) is 6.61 Å². The minimum Gasteiger partial charge on any atom is -0.482 e. The molecule has 0 atom stereocenters. The number of nitrogens with zero attached hydrogens (tertiary/aromatic N) is 1. The monoisotopic (exact) mass is 349 g/mol. The number of nitrogens with one attached hydrogen (secondary N) is 2. The van der Waals surface area contributed by atoms with Crippen LogP contribution in [0.2, 0.25) is 0 Å². The van der Waals surface area contributed by atoms with Crippen LogP contribution in [0.1, 0.15) is 5.69 Å². The maximum Gasteiger partial charge on any atom is 0.262 e. The number of hydrogen-bond donors (Lipinski definition) is 2. The maximum atomic E-state index is 11.8. The molecule has 0 spiro atoms. The van der Waals surface area contributed by atoms with Gasteiger partial charge in [0.2, 0.25) is 0 Å². The third-order valence-corrected chi connectivity index (χ3v) is 3.18. The average molecular weight is 350 g/mol. The Morgan fingerprint density at radius 3 is 2.62 bits per heavy atom. The van der Waals surface area contributed by atoms with Crippen molar-refractivity contribution in [1.29, 1.82) is 0 Å². The summed E-state index contributed by atoms with van der Waals surface area (Å²) in [5, 5.41) is 5.77. The molecule has 2 aromatic rings. The molecule has 1 aromatic heterocycles. The predicted octanol–water partition coefficient (Wildman–Crippen LogP) is 2.58. The summed E-state index contributed by atoms with van der Waals surface area (Å²) >= 11 is 3.34. The van der Waals surface area contributed by atoms with Gasteiger partial charge in [-0.05, 0) is 43.4 Å². The highest BCUT2D eigenvalue weighted by Gasteiger charge is 2.04. The second-order valence-electron chi connectivity index (χ2n) is 4.36. The highest BCUT2D eigenvalue weighted by molar-refractivity contribution is 9.10. The summed E-state index contributed by atoms with van der Waals surface area (Å²) in [4.78, 5) is 16.0. The van der Waals surface area contributed by atoms with Gasteiger partial charge in [-0.15, -0.1) is 0 Å². The van der Waals surface area contributed by atoms with Crippen LogP contribution in [-0.2, 0) is 11.3 Å². The second-order valence-corrected chi connectivity index (χ2v) is 5.27. The fraction of sp³-hybridized carbons (Fsp3) is 0.200. The van der Waals surface area contributed by atoms with Gasteiger partial charge in [0.05, 0.1) is 11.9 Å². The zero-order chi connectivity index (χ0) is 15.1. The molecule has 110 valence electrons. The summed E-state index contributed by atoms with van der Waals surface area (Å²) in [6.45, 7) is 0.646. The first-order valence-electron chi connectivity index (χ1n) is 6.45. The largest absolute Gasteiger partial charge is 0.482 e. The molecule has 0 aliphatic heterocycles. The van der Waals surface area contributed by atoms with Gasteiger partial charge in [-0.1, -0.05) is 15.9 Å². The van der Waals surface area contributed by atoms with E-state index in [4.69, 9.17) is 4.74 Å². The number of hydrogen-bond acceptors (Lipinski definition) is 4. The highest BCUT2D eigenvalue weighted by Crippen LogP contribution is 2.14. The van der Waals surface area contributed by atoms with Crippen molar-refractivity contribution in [2.75, 3.05) is 19.0 Å². The summed E-state index contributed by atoms with van der Waals surface area (Å²) in [5.74, 6) is 0.359. The van der Waals surface area contributed by atoms with E-state index in [1.165, 1.54) is 0 Å². The molecule has 6 heteroatoms. The van der Waals surface area contributed by atoms with Crippen LogP contribution >= 0.6 is 15.9 Å². The van der Waals surface area contributed by atoms with E-state index in [0.29, 0.717) is 12.3 Å². The van der Waals surface area contributed by atoms with E-state index in [1.807, 2.05) is 37.4 Å². The van der Waals surface area contributed by atoms with Gasteiger partial charge in [-0.25, -0.2) is 0 Å². The molecule has 0 aliphatic rings. The van der Waals surface area contributed by atoms with Crippen molar-refractivity contribution in [2.24, 2.45) is 0 Å². The Labute approximate surface area is 131 Å². The number of pyridine rings is 1. The lowest BCUT2D eigenvalue weighted by molar-refractivity contribution is -0.118. The van der Waals surface area contributed by atoms with Crippen LogP contribution in [0.15, 0.2) is 47.1 Å². The van der Waals surface area contributed by atoms with Gasteiger partial charge in [-0.2, -0.15) is 0 Å². The molecule has 0 aliphatic carbocycles. The second kappa shape index (κ2) is 7.75. The lowest BCUT2D eigenvalue weighted by atomic mass is 10.3. The van der Waals surface area contributed by atoms with Crippen molar-refractivity contribution in [3.05, 3.63) is 52.8 Å². The van der Waals surface area contributed by atoms with Crippen LogP contribution in [0, 0.1) is 0 Å². The molecule has 1 aromatic carbocycles. The van der Waals surface area contributed by atoms with Gasteiger partial charge < -0.3 is 15.4 Å². The zero-order valence-corrected chi connectivity index (χ0v) is 13.2. The Bertz CT molecular complexity index is 585. The quantitative estimate of drug-likeness (QED) is 0.841. The Morgan fingerprint density at radius 2 is 2.00 bits per heavy atom. The number of carbonyl (C=O) groups is 1. The Morgan fingerprint density at radius 1 is 1.24 bits per heavy atom. The third kappa shape index (κ3) is 5.17. The van der Waals surface area contributed by atoms with Crippen molar-refractivity contribution in [1.82, 2.24) is 10.3 Å². The van der Waals surface area contributed by atoms with Crippen molar-refractivity contribution in [2.45, 2.75) is 6.54 Å². The van der Waals surface area contributed by atoms with Crippen LogP contribution in [-0.4, -0.2) is 24.5 Å². The van der Waals surface area contributed by atoms with Crippen molar-refractivity contribution < 1.29 is 9.53 Å². The zero-order valence-electron chi connectivity index (χ0n) is 11.6. The lowest BCUT2D eigenvalue weighted by Crippen LogP contribution is -2.20. The molecule has 0 unspecified atom stereocenters. The van der Waals surface area contributed by atoms with Crippen molar-refractivity contribution in [3.8, 4) is 5.75 Å². The summed E-state index contributed by atoms with van der Waals surface area (Å²) in [6.07, 6.45) is 1.61. The Balaban J connectivity index is 1.81. The van der Waals surface area contributed by atoms with Gasteiger partial charge in [-0.3, -0.25) is 9.78 Å². The fourth-order valence-electron chi connectivity index (χ4n) is 1.66. The minimum absolute atomic E-state index is 0.0525. The SMILES string of the molecule is CNCc1ccc(OCC(=O)Nc2ccc(Br)cc2)cn1. The number of rotatable bonds is 6. The Kier molecular flexibility index (Phi) is 5.71. The topological polar surface area (TPSA) is 63.2 Å². The number of carbonyl (C=O) groups excluding carboxylic acids is 1. The van der Waals surface area contributed by atoms with Crippen LogP contribution in [0.3, 0.4) is 0 Å². The number of amides is 1. The predicted molar refractivity (Wildman–Crippen MR) is 85.3 cm³/mol. The molecule has 0 radical (unpaired) electrons. The van der Waals surface area contributed by atoms with Crippen LogP contribution < -0.4 is 15.4 Å². The first-order valence-corrected chi connectivity index (χ1v) is 7.24. The number of benzene rings is 1. The first-order chi connectivity index (χ1) is 10.2. The van der Waals surface area contributed by atoms with Gasteiger partial charge in [0, 0.05) is 16.7 Å². The molecule has 2 N–H and O–H groups in total. The molecule has 2 rings (SSSR count). The minimum atomic E-state index is -0.211. The summed E-state index contributed by atoms with van der Waals surface area (Å²) in [6, 6.07) is 11.0. The molecule has 0 saturated carbocycles. The summed E-state index contributed by atoms with van der Waals surface area (Å²) in [7, 11) is 1.86. The van der Waals surface area contributed by atoms with Crippen LogP contribution in [0.5, 0.6) is 5.75 Å². The van der Waals surface area contributed by atoms with Crippen molar-refractivity contribution in [3.63, 3.8) is 0 Å². The first kappa shape index (κ1) is 15.5. The summed E-state index contributed by atoms with van der Waals surface area (Å²) < 4.78 is 6.36. The molecular formula is C15H16BrN3O2. The number of ether oxygens (including phenoxy) is 1. The van der Waals surface area contributed by atoms with Crippen LogP contribution in [0.25, 0.3) is 0 Å². The van der Waals surface area contributed by atoms with E-state index < -0.39 is 0 Å². The molecule has 5 nitrogen and oxygen atoms in total. The smallest absolute Gasteiger partial charge is 0.262 e. The van der Waals surface area contributed by atoms with Gasteiger partial charge >= 0.3 is 0 Å². The number of halogens is 1. The third-order valence-electron chi connectivity index (χ3n) is 2.65. The van der Waals surface area contributed by atoms with E-state index in [2.05, 4.69) is 31.5 Å². The van der Waals surface area contributed by atoms with E-state index in [9.17, 15) is 4.79 Å². The Hall–Kier alpha value is -1.92. The summed E-state index contributed by atoms with van der Waals surface area (Å²) in [5.41, 5.74) is 1.65. The molecule has 0 fully saturated rings. The van der Waals surface area contributed by atoms with Crippen molar-refractivity contribution >= 4 is 27.5 Å². The van der Waals surface area contributed by atoms with E-state index >= 15 is 0 Å². The molecule has 0 bridgehead atoms. The van der Waals surface area contributed by atoms with E-state index in [-0.39, 0.29) is 12.5 Å². The molecule has 0 saturated heterocycles. The van der Waals surface area contributed by atoms with Gasteiger partial charge in [0.1, 0.15) is 5.75 Å². The molecular weight excluding hydrogens is 334 g/mol. The normalized spacial score (nSPS) is 10.2. The maximum absolute atomic E-state index is 11.8. The van der Waals surface area contributed by atoms with E-state index in [0.717, 1.165) is 15.9 Å². The highest BCUT2D eigenvalue weighted by atomic mass is 79.9. The molecule has 1 heterocycles. The molecule has 21 heavy (non-hydrogen) atoms.